The number of nitrogens with zero attached hydrogens (tertiary/aromatic N) is 3. The number of hydrogen-bond donors (Lipinski definition) is 0. The van der Waals surface area contributed by atoms with E-state index in [2.05, 4.69) is 10.1 Å². The van der Waals surface area contributed by atoms with Gasteiger partial charge in [0.1, 0.15) is 6.61 Å². The van der Waals surface area contributed by atoms with Crippen molar-refractivity contribution in [3.63, 3.8) is 0 Å². The molecule has 0 N–H and O–H groups in total. The first-order valence-electron chi connectivity index (χ1n) is 9.20. The molecule has 0 bridgehead atoms. The zero-order valence-corrected chi connectivity index (χ0v) is 16.0. The van der Waals surface area contributed by atoms with Crippen LogP contribution in [0, 0.1) is 6.92 Å². The molecule has 0 saturated heterocycles. The monoisotopic (exact) mass is 377 g/mol. The molecule has 0 atom stereocenters. The second-order valence-corrected chi connectivity index (χ2v) is 6.30. The van der Waals surface area contributed by atoms with Crippen molar-refractivity contribution in [3.05, 3.63) is 83.3 Å². The number of ether oxygens (including phenoxy) is 2. The third kappa shape index (κ3) is 5.30. The fraction of sp³-hybridized carbons (Fsp3) is 0.227. The summed E-state index contributed by atoms with van der Waals surface area (Å²) < 4.78 is 12.7. The second kappa shape index (κ2) is 9.50. The van der Waals surface area contributed by atoms with E-state index in [1.807, 2.05) is 68.4 Å². The molecule has 0 aliphatic carbocycles. The Hall–Kier alpha value is -3.41. The van der Waals surface area contributed by atoms with Crippen LogP contribution in [0.3, 0.4) is 0 Å². The normalized spacial score (nSPS) is 11.3. The van der Waals surface area contributed by atoms with Gasteiger partial charge in [-0.3, -0.25) is 0 Å². The summed E-state index contributed by atoms with van der Waals surface area (Å²) in [6, 6.07) is 19.1. The van der Waals surface area contributed by atoms with E-state index in [1.54, 1.807) is 10.7 Å². The summed E-state index contributed by atoms with van der Waals surface area (Å²) in [5.74, 6) is 0.514. The maximum Gasteiger partial charge on any atom is 0.434 e. The predicted molar refractivity (Wildman–Crippen MR) is 106 cm³/mol. The molecule has 3 rings (SSSR count). The van der Waals surface area contributed by atoms with E-state index in [1.165, 1.54) is 6.20 Å². The molecular formula is C22H23N3O3. The first-order valence-corrected chi connectivity index (χ1v) is 9.20. The average molecular weight is 377 g/mol. The number of carbonyl (C=O) groups excluding carboxylic acids is 1. The first-order chi connectivity index (χ1) is 13.7. The van der Waals surface area contributed by atoms with Crippen molar-refractivity contribution in [2.24, 2.45) is 4.99 Å². The van der Waals surface area contributed by atoms with Crippen LogP contribution in [-0.2, 0) is 11.3 Å². The quantitative estimate of drug-likeness (QED) is 0.645. The minimum absolute atomic E-state index is 0.173. The number of aryl methyl sites for hydroxylation is 1. The van der Waals surface area contributed by atoms with Crippen LogP contribution in [0.15, 0.2) is 71.9 Å². The number of para-hydroxylation sites is 1. The lowest BCUT2D eigenvalue weighted by Gasteiger charge is -2.12. The van der Waals surface area contributed by atoms with Gasteiger partial charge in [-0.05, 0) is 31.0 Å². The molecule has 0 spiro atoms. The lowest BCUT2D eigenvalue weighted by molar-refractivity contribution is 0.150. The van der Waals surface area contributed by atoms with E-state index in [0.29, 0.717) is 17.8 Å². The first kappa shape index (κ1) is 19.4. The lowest BCUT2D eigenvalue weighted by atomic mass is 10.2. The van der Waals surface area contributed by atoms with E-state index in [9.17, 15) is 4.79 Å². The zero-order valence-electron chi connectivity index (χ0n) is 16.0. The number of hydrogen-bond acceptors (Lipinski definition) is 4. The van der Waals surface area contributed by atoms with Crippen LogP contribution >= 0.6 is 0 Å². The molecule has 1 amide bonds. The van der Waals surface area contributed by atoms with Crippen LogP contribution in [-0.4, -0.2) is 22.5 Å². The topological polar surface area (TPSA) is 65.7 Å². The van der Waals surface area contributed by atoms with Gasteiger partial charge in [-0.1, -0.05) is 55.0 Å². The van der Waals surface area contributed by atoms with Crippen molar-refractivity contribution < 1.29 is 14.3 Å². The molecule has 2 aromatic carbocycles. The van der Waals surface area contributed by atoms with Gasteiger partial charge in [0.05, 0.1) is 23.8 Å². The molecular weight excluding hydrogens is 354 g/mol. The summed E-state index contributed by atoms with van der Waals surface area (Å²) in [7, 11) is 0. The van der Waals surface area contributed by atoms with Crippen LogP contribution < -0.4 is 10.1 Å². The largest absolute Gasteiger partial charge is 0.478 e. The molecule has 3 aromatic rings. The van der Waals surface area contributed by atoms with E-state index in [0.717, 1.165) is 23.2 Å². The van der Waals surface area contributed by atoms with Crippen LogP contribution in [0.25, 0.3) is 5.69 Å². The van der Waals surface area contributed by atoms with Crippen molar-refractivity contribution in [1.29, 1.82) is 0 Å². The molecule has 1 heterocycles. The number of rotatable bonds is 6. The van der Waals surface area contributed by atoms with Gasteiger partial charge in [0.25, 0.3) is 0 Å². The molecule has 0 saturated carbocycles. The molecule has 1 aromatic heterocycles. The van der Waals surface area contributed by atoms with Crippen LogP contribution in [0.2, 0.25) is 0 Å². The molecule has 6 heteroatoms. The highest BCUT2D eigenvalue weighted by atomic mass is 16.5. The van der Waals surface area contributed by atoms with E-state index >= 15 is 0 Å². The highest BCUT2D eigenvalue weighted by molar-refractivity contribution is 5.68. The number of amides is 1. The Morgan fingerprint density at radius 1 is 1.11 bits per heavy atom. The third-order valence-electron chi connectivity index (χ3n) is 3.94. The smallest absolute Gasteiger partial charge is 0.434 e. The third-order valence-corrected chi connectivity index (χ3v) is 3.94. The molecule has 0 radical (unpaired) electrons. The fourth-order valence-electron chi connectivity index (χ4n) is 2.50. The van der Waals surface area contributed by atoms with Crippen molar-refractivity contribution >= 4 is 6.09 Å². The van der Waals surface area contributed by atoms with Gasteiger partial charge in [0.2, 0.25) is 5.88 Å². The van der Waals surface area contributed by atoms with Gasteiger partial charge >= 0.3 is 6.09 Å². The maximum absolute atomic E-state index is 12.1. The Balaban J connectivity index is 1.78. The Kier molecular flexibility index (Phi) is 6.57. The number of aromatic nitrogens is 2. The molecule has 144 valence electrons. The SMILES string of the molecule is CCCOc1cc(=NC(=O)OCc2ccc(C)cc2)cnn1-c1ccccc1. The molecule has 0 unspecified atom stereocenters. The molecule has 6 nitrogen and oxygen atoms in total. The van der Waals surface area contributed by atoms with Crippen LogP contribution in [0.5, 0.6) is 5.88 Å². The second-order valence-electron chi connectivity index (χ2n) is 6.30. The summed E-state index contributed by atoms with van der Waals surface area (Å²) in [5, 5.41) is 4.75. The summed E-state index contributed by atoms with van der Waals surface area (Å²) in [6.45, 7) is 4.74. The standard InChI is InChI=1S/C22H23N3O3/c1-3-13-27-21-14-19(15-23-25(21)20-7-5-4-6-8-20)24-22(26)28-16-18-11-9-17(2)10-12-18/h4-12,14-15H,3,13,16H2,1-2H3. The molecule has 28 heavy (non-hydrogen) atoms. The van der Waals surface area contributed by atoms with Gasteiger partial charge in [0, 0.05) is 6.07 Å². The van der Waals surface area contributed by atoms with Gasteiger partial charge in [0.15, 0.2) is 0 Å². The number of benzene rings is 2. The maximum atomic E-state index is 12.1. The highest BCUT2D eigenvalue weighted by Crippen LogP contribution is 2.14. The Morgan fingerprint density at radius 2 is 1.86 bits per heavy atom. The van der Waals surface area contributed by atoms with Crippen LogP contribution in [0.1, 0.15) is 24.5 Å². The van der Waals surface area contributed by atoms with Crippen molar-refractivity contribution in [3.8, 4) is 11.6 Å². The summed E-state index contributed by atoms with van der Waals surface area (Å²) in [5.41, 5.74) is 2.93. The Labute approximate surface area is 164 Å². The van der Waals surface area contributed by atoms with Crippen molar-refractivity contribution in [2.75, 3.05) is 6.61 Å². The lowest BCUT2D eigenvalue weighted by Crippen LogP contribution is -2.16. The van der Waals surface area contributed by atoms with E-state index in [-0.39, 0.29) is 6.61 Å². The molecule has 0 aliphatic heterocycles. The zero-order chi connectivity index (χ0) is 19.8. The van der Waals surface area contributed by atoms with Gasteiger partial charge in [-0.15, -0.1) is 0 Å². The highest BCUT2D eigenvalue weighted by Gasteiger charge is 2.07. The summed E-state index contributed by atoms with van der Waals surface area (Å²) >= 11 is 0. The predicted octanol–water partition coefficient (Wildman–Crippen LogP) is 4.21. The fourth-order valence-corrected chi connectivity index (χ4v) is 2.50. The van der Waals surface area contributed by atoms with Gasteiger partial charge in [-0.2, -0.15) is 10.1 Å². The Morgan fingerprint density at radius 3 is 2.57 bits per heavy atom. The van der Waals surface area contributed by atoms with E-state index in [4.69, 9.17) is 9.47 Å². The van der Waals surface area contributed by atoms with E-state index < -0.39 is 6.09 Å². The minimum Gasteiger partial charge on any atom is -0.478 e. The minimum atomic E-state index is -0.665. The molecule has 0 fully saturated rings. The Bertz CT molecular complexity index is 980. The number of carbonyl (C=O) groups is 1. The van der Waals surface area contributed by atoms with Crippen LogP contribution in [0.4, 0.5) is 4.79 Å². The summed E-state index contributed by atoms with van der Waals surface area (Å²) in [6.07, 6.45) is 1.70. The average Bonchev–Trinajstić information content (AvgIpc) is 2.72. The summed E-state index contributed by atoms with van der Waals surface area (Å²) in [4.78, 5) is 16.0. The van der Waals surface area contributed by atoms with Gasteiger partial charge < -0.3 is 9.47 Å². The van der Waals surface area contributed by atoms with Gasteiger partial charge in [-0.25, -0.2) is 9.48 Å². The molecule has 0 aliphatic rings. The van der Waals surface area contributed by atoms with Crippen molar-refractivity contribution in [1.82, 2.24) is 9.78 Å². The van der Waals surface area contributed by atoms with Crippen molar-refractivity contribution in [2.45, 2.75) is 26.9 Å².